The minimum absolute atomic E-state index is 0.111. The molecule has 0 unspecified atom stereocenters. The van der Waals surface area contributed by atoms with E-state index in [-0.39, 0.29) is 22.8 Å². The van der Waals surface area contributed by atoms with E-state index in [4.69, 9.17) is 19.3 Å². The highest BCUT2D eigenvalue weighted by Gasteiger charge is 2.22. The van der Waals surface area contributed by atoms with E-state index in [1.54, 1.807) is 0 Å². The zero-order chi connectivity index (χ0) is 13.0. The fourth-order valence-corrected chi connectivity index (χ4v) is 1.55. The third kappa shape index (κ3) is 2.58. The van der Waals surface area contributed by atoms with Crippen molar-refractivity contribution in [3.05, 3.63) is 17.4 Å². The Morgan fingerprint density at radius 3 is 2.24 bits per heavy atom. The first kappa shape index (κ1) is 13.1. The van der Waals surface area contributed by atoms with Crippen LogP contribution in [0.25, 0.3) is 0 Å². The topological polar surface area (TPSA) is 65.0 Å². The third-order valence-electron chi connectivity index (χ3n) is 2.20. The molecule has 1 rings (SSSR count). The molecule has 1 aromatic rings. The SMILES string of the molecule is COc1cc(F)c(OC)c(CC(=O)O)c1OC. The largest absolute Gasteiger partial charge is 0.493 e. The monoisotopic (exact) mass is 244 g/mol. The lowest BCUT2D eigenvalue weighted by Gasteiger charge is -2.15. The Balaban J connectivity index is 3.46. The Kier molecular flexibility index (Phi) is 4.14. The van der Waals surface area contributed by atoms with Gasteiger partial charge in [-0.1, -0.05) is 0 Å². The number of halogens is 1. The fraction of sp³-hybridized carbons (Fsp3) is 0.364. The van der Waals surface area contributed by atoms with E-state index in [1.165, 1.54) is 21.3 Å². The fourth-order valence-electron chi connectivity index (χ4n) is 1.55. The molecule has 94 valence electrons. The molecule has 0 saturated heterocycles. The minimum atomic E-state index is -1.12. The Labute approximate surface area is 97.7 Å². The zero-order valence-corrected chi connectivity index (χ0v) is 9.74. The van der Waals surface area contributed by atoms with Crippen LogP contribution < -0.4 is 14.2 Å². The van der Waals surface area contributed by atoms with Crippen molar-refractivity contribution < 1.29 is 28.5 Å². The Morgan fingerprint density at radius 1 is 1.24 bits per heavy atom. The van der Waals surface area contributed by atoms with Gasteiger partial charge < -0.3 is 19.3 Å². The van der Waals surface area contributed by atoms with Crippen molar-refractivity contribution in [3.63, 3.8) is 0 Å². The number of hydrogen-bond donors (Lipinski definition) is 1. The van der Waals surface area contributed by atoms with Gasteiger partial charge in [-0.05, 0) is 0 Å². The summed E-state index contributed by atoms with van der Waals surface area (Å²) in [6.07, 6.45) is -0.416. The molecule has 1 N–H and O–H groups in total. The van der Waals surface area contributed by atoms with Crippen molar-refractivity contribution in [2.24, 2.45) is 0 Å². The number of benzene rings is 1. The predicted octanol–water partition coefficient (Wildman–Crippen LogP) is 1.48. The second-order valence-electron chi connectivity index (χ2n) is 3.18. The Hall–Kier alpha value is -1.98. The van der Waals surface area contributed by atoms with Crippen molar-refractivity contribution >= 4 is 5.97 Å². The van der Waals surface area contributed by atoms with E-state index in [1.807, 2.05) is 0 Å². The zero-order valence-electron chi connectivity index (χ0n) is 9.74. The molecule has 5 nitrogen and oxygen atoms in total. The normalized spacial score (nSPS) is 9.88. The summed E-state index contributed by atoms with van der Waals surface area (Å²) < 4.78 is 28.4. The lowest BCUT2D eigenvalue weighted by atomic mass is 10.1. The molecule has 0 atom stereocenters. The molecule has 17 heavy (non-hydrogen) atoms. The highest BCUT2D eigenvalue weighted by Crippen LogP contribution is 2.39. The maximum atomic E-state index is 13.6. The molecule has 0 fully saturated rings. The number of carboxylic acid groups (broad SMARTS) is 1. The first-order valence-electron chi connectivity index (χ1n) is 4.74. The van der Waals surface area contributed by atoms with Crippen molar-refractivity contribution in [3.8, 4) is 17.2 Å². The van der Waals surface area contributed by atoms with Crippen LogP contribution in [0.1, 0.15) is 5.56 Å². The molecule has 6 heteroatoms. The van der Waals surface area contributed by atoms with Crippen LogP contribution in [0.4, 0.5) is 4.39 Å². The van der Waals surface area contributed by atoms with E-state index in [0.717, 1.165) is 6.07 Å². The predicted molar refractivity (Wildman–Crippen MR) is 57.4 cm³/mol. The van der Waals surface area contributed by atoms with Gasteiger partial charge in [0.1, 0.15) is 0 Å². The number of carbonyl (C=O) groups is 1. The smallest absolute Gasteiger partial charge is 0.308 e. The summed E-state index contributed by atoms with van der Waals surface area (Å²) in [7, 11) is 3.95. The van der Waals surface area contributed by atoms with Crippen LogP contribution >= 0.6 is 0 Å². The molecule has 0 aromatic heterocycles. The number of rotatable bonds is 5. The quantitative estimate of drug-likeness (QED) is 0.849. The number of hydrogen-bond acceptors (Lipinski definition) is 4. The molecule has 0 aliphatic rings. The number of methoxy groups -OCH3 is 3. The van der Waals surface area contributed by atoms with E-state index in [0.29, 0.717) is 0 Å². The standard InChI is InChI=1S/C11H13FO5/c1-15-8-5-7(12)10(16-2)6(4-9(13)14)11(8)17-3/h5H,4H2,1-3H3,(H,13,14). The van der Waals surface area contributed by atoms with E-state index in [9.17, 15) is 9.18 Å². The van der Waals surface area contributed by atoms with E-state index < -0.39 is 18.2 Å². The van der Waals surface area contributed by atoms with E-state index in [2.05, 4.69) is 0 Å². The van der Waals surface area contributed by atoms with Gasteiger partial charge in [0.25, 0.3) is 0 Å². The summed E-state index contributed by atoms with van der Waals surface area (Å²) in [5, 5.41) is 8.79. The van der Waals surface area contributed by atoms with Crippen LogP contribution in [0, 0.1) is 5.82 Å². The molecule has 0 radical (unpaired) electrons. The second kappa shape index (κ2) is 5.38. The molecular weight excluding hydrogens is 231 g/mol. The lowest BCUT2D eigenvalue weighted by molar-refractivity contribution is -0.136. The van der Waals surface area contributed by atoms with Crippen LogP contribution in [-0.4, -0.2) is 32.4 Å². The van der Waals surface area contributed by atoms with Gasteiger partial charge in [0.15, 0.2) is 23.1 Å². The van der Waals surface area contributed by atoms with Crippen LogP contribution in [0.3, 0.4) is 0 Å². The highest BCUT2D eigenvalue weighted by atomic mass is 19.1. The van der Waals surface area contributed by atoms with Crippen LogP contribution in [0.2, 0.25) is 0 Å². The summed E-state index contributed by atoms with van der Waals surface area (Å²) in [4.78, 5) is 10.7. The Bertz CT molecular complexity index is 430. The third-order valence-corrected chi connectivity index (χ3v) is 2.20. The first-order valence-corrected chi connectivity index (χ1v) is 4.74. The van der Waals surface area contributed by atoms with Crippen molar-refractivity contribution in [2.75, 3.05) is 21.3 Å². The molecule has 0 heterocycles. The number of carboxylic acids is 1. The molecule has 0 bridgehead atoms. The minimum Gasteiger partial charge on any atom is -0.493 e. The molecule has 0 aliphatic carbocycles. The van der Waals surface area contributed by atoms with Crippen molar-refractivity contribution in [1.82, 2.24) is 0 Å². The maximum absolute atomic E-state index is 13.6. The van der Waals surface area contributed by atoms with Crippen LogP contribution in [0.15, 0.2) is 6.07 Å². The molecule has 0 spiro atoms. The summed E-state index contributed by atoms with van der Waals surface area (Å²) in [5.41, 5.74) is 0.111. The lowest BCUT2D eigenvalue weighted by Crippen LogP contribution is -2.07. The van der Waals surface area contributed by atoms with Gasteiger partial charge in [-0.15, -0.1) is 0 Å². The molecule has 0 saturated carbocycles. The van der Waals surface area contributed by atoms with Gasteiger partial charge in [-0.3, -0.25) is 4.79 Å². The Morgan fingerprint density at radius 2 is 1.82 bits per heavy atom. The van der Waals surface area contributed by atoms with Crippen molar-refractivity contribution in [2.45, 2.75) is 6.42 Å². The second-order valence-corrected chi connectivity index (χ2v) is 3.18. The number of aliphatic carboxylic acids is 1. The molecule has 0 amide bonds. The average molecular weight is 244 g/mol. The maximum Gasteiger partial charge on any atom is 0.308 e. The van der Waals surface area contributed by atoms with Gasteiger partial charge in [-0.25, -0.2) is 4.39 Å². The van der Waals surface area contributed by atoms with Gasteiger partial charge in [-0.2, -0.15) is 0 Å². The summed E-state index contributed by atoms with van der Waals surface area (Å²) in [6, 6.07) is 1.09. The highest BCUT2D eigenvalue weighted by molar-refractivity contribution is 5.74. The van der Waals surface area contributed by atoms with Gasteiger partial charge >= 0.3 is 5.97 Å². The van der Waals surface area contributed by atoms with E-state index >= 15 is 0 Å². The summed E-state index contributed by atoms with van der Waals surface area (Å²) in [5.74, 6) is -1.67. The van der Waals surface area contributed by atoms with Gasteiger partial charge in [0.2, 0.25) is 0 Å². The van der Waals surface area contributed by atoms with Crippen LogP contribution in [0.5, 0.6) is 17.2 Å². The molecular formula is C11H13FO5. The van der Waals surface area contributed by atoms with Gasteiger partial charge in [0, 0.05) is 6.07 Å². The summed E-state index contributed by atoms with van der Waals surface area (Å²) in [6.45, 7) is 0. The summed E-state index contributed by atoms with van der Waals surface area (Å²) >= 11 is 0. The van der Waals surface area contributed by atoms with Crippen molar-refractivity contribution in [1.29, 1.82) is 0 Å². The first-order chi connectivity index (χ1) is 8.04. The van der Waals surface area contributed by atoms with Crippen LogP contribution in [-0.2, 0) is 11.2 Å². The number of ether oxygens (including phenoxy) is 3. The molecule has 1 aromatic carbocycles. The average Bonchev–Trinajstić information content (AvgIpc) is 2.28. The molecule has 0 aliphatic heterocycles. The van der Waals surface area contributed by atoms with Gasteiger partial charge in [0.05, 0.1) is 33.3 Å².